The molecule has 1 N–H and O–H groups in total. The highest BCUT2D eigenvalue weighted by molar-refractivity contribution is 5.95. The molecular weight excluding hydrogens is 336 g/mol. The number of carbonyl (C=O) groups is 1. The molecule has 1 amide bonds. The maximum Gasteiger partial charge on any atom is 0.271 e. The zero-order chi connectivity index (χ0) is 18.5. The Kier molecular flexibility index (Phi) is 4.98. The summed E-state index contributed by atoms with van der Waals surface area (Å²) in [4.78, 5) is 24.5. The lowest BCUT2D eigenvalue weighted by molar-refractivity contribution is 0.0955. The number of nitrogens with zero attached hydrogens (tertiary/aromatic N) is 1. The minimum absolute atomic E-state index is 0.209. The molecule has 0 aliphatic carbocycles. The van der Waals surface area contributed by atoms with Crippen LogP contribution in [0.4, 0.5) is 0 Å². The molecule has 7 heteroatoms. The number of nitrogens with one attached hydrogen (secondary N) is 1. The Hall–Kier alpha value is -3.61. The van der Waals surface area contributed by atoms with Crippen LogP contribution >= 0.6 is 0 Å². The number of rotatable bonds is 5. The average Bonchev–Trinajstić information content (AvgIpc) is 2.69. The highest BCUT2D eigenvalue weighted by Crippen LogP contribution is 2.18. The first-order chi connectivity index (χ1) is 12.6. The molecule has 26 heavy (non-hydrogen) atoms. The molecule has 132 valence electrons. The van der Waals surface area contributed by atoms with Crippen LogP contribution in [0.3, 0.4) is 0 Å². The molecule has 0 spiro atoms. The number of fused-ring (bicyclic) bond motifs is 1. The lowest BCUT2D eigenvalue weighted by atomic mass is 10.2. The average molecular weight is 352 g/mol. The second kappa shape index (κ2) is 7.52. The Morgan fingerprint density at radius 2 is 1.77 bits per heavy atom. The molecular formula is C19H16N2O5. The molecule has 0 bridgehead atoms. The second-order valence-corrected chi connectivity index (χ2v) is 5.31. The van der Waals surface area contributed by atoms with Gasteiger partial charge in [0, 0.05) is 5.56 Å². The maximum absolute atomic E-state index is 12.5. The topological polar surface area (TPSA) is 90.1 Å². The summed E-state index contributed by atoms with van der Waals surface area (Å²) in [5, 5.41) is 4.19. The summed E-state index contributed by atoms with van der Waals surface area (Å²) in [5.74, 6) is 0.789. The van der Waals surface area contributed by atoms with Crippen molar-refractivity contribution >= 4 is 23.1 Å². The number of carbonyl (C=O) groups excluding carboxylic acids is 1. The summed E-state index contributed by atoms with van der Waals surface area (Å²) in [6.07, 6.45) is 2.53. The summed E-state index contributed by atoms with van der Waals surface area (Å²) in [6.45, 7) is 0. The smallest absolute Gasteiger partial charge is 0.271 e. The van der Waals surface area contributed by atoms with Gasteiger partial charge in [-0.15, -0.1) is 0 Å². The van der Waals surface area contributed by atoms with Crippen LogP contribution < -0.4 is 20.3 Å². The van der Waals surface area contributed by atoms with E-state index in [2.05, 4.69) is 10.5 Å². The van der Waals surface area contributed by atoms with Gasteiger partial charge >= 0.3 is 0 Å². The van der Waals surface area contributed by atoms with Crippen molar-refractivity contribution < 1.29 is 18.7 Å². The number of hydrazone groups is 1. The van der Waals surface area contributed by atoms with E-state index in [1.54, 1.807) is 49.6 Å². The molecule has 0 atom stereocenters. The van der Waals surface area contributed by atoms with Crippen molar-refractivity contribution in [3.8, 4) is 11.5 Å². The fourth-order valence-corrected chi connectivity index (χ4v) is 2.31. The number of hydrogen-bond acceptors (Lipinski definition) is 6. The summed E-state index contributed by atoms with van der Waals surface area (Å²) in [5.41, 5.74) is 3.16. The number of amides is 1. The van der Waals surface area contributed by atoms with Gasteiger partial charge in [0.05, 0.1) is 31.4 Å². The van der Waals surface area contributed by atoms with E-state index in [9.17, 15) is 9.59 Å². The van der Waals surface area contributed by atoms with Crippen molar-refractivity contribution in [1.29, 1.82) is 0 Å². The van der Waals surface area contributed by atoms with Gasteiger partial charge in [-0.1, -0.05) is 0 Å². The van der Waals surface area contributed by atoms with Crippen LogP contribution in [-0.4, -0.2) is 26.3 Å². The third-order valence-corrected chi connectivity index (χ3v) is 3.73. The maximum atomic E-state index is 12.5. The Morgan fingerprint density at radius 1 is 1.08 bits per heavy atom. The largest absolute Gasteiger partial charge is 0.497 e. The van der Waals surface area contributed by atoms with E-state index in [4.69, 9.17) is 13.9 Å². The van der Waals surface area contributed by atoms with Crippen molar-refractivity contribution in [2.24, 2.45) is 5.10 Å². The van der Waals surface area contributed by atoms with E-state index in [1.165, 1.54) is 19.6 Å². The first-order valence-corrected chi connectivity index (χ1v) is 7.69. The first-order valence-electron chi connectivity index (χ1n) is 7.69. The van der Waals surface area contributed by atoms with Crippen LogP contribution in [0.25, 0.3) is 11.0 Å². The molecule has 3 aromatic rings. The fourth-order valence-electron chi connectivity index (χ4n) is 2.31. The molecule has 1 aromatic heterocycles. The zero-order valence-corrected chi connectivity index (χ0v) is 14.2. The Bertz CT molecular complexity index is 1020. The van der Waals surface area contributed by atoms with Crippen LogP contribution in [0.5, 0.6) is 11.5 Å². The molecule has 1 heterocycles. The molecule has 0 aliphatic heterocycles. The number of benzene rings is 2. The van der Waals surface area contributed by atoms with Gasteiger partial charge in [0.25, 0.3) is 5.91 Å². The quantitative estimate of drug-likeness (QED) is 0.563. The Labute approximate surface area is 148 Å². The lowest BCUT2D eigenvalue weighted by Crippen LogP contribution is -2.18. The Balaban J connectivity index is 1.78. The van der Waals surface area contributed by atoms with Gasteiger partial charge in [-0.3, -0.25) is 9.59 Å². The van der Waals surface area contributed by atoms with E-state index in [1.807, 2.05) is 0 Å². The van der Waals surface area contributed by atoms with Crippen molar-refractivity contribution in [2.75, 3.05) is 14.2 Å². The SMILES string of the molecule is COc1ccc(C(=O)N/N=C/c2coc3ccc(OC)cc3c2=O)cc1. The fraction of sp³-hybridized carbons (Fsp3) is 0.105. The van der Waals surface area contributed by atoms with Crippen molar-refractivity contribution in [1.82, 2.24) is 5.43 Å². The molecule has 2 aromatic carbocycles. The van der Waals surface area contributed by atoms with Crippen LogP contribution in [0, 0.1) is 0 Å². The molecule has 0 radical (unpaired) electrons. The minimum Gasteiger partial charge on any atom is -0.497 e. The zero-order valence-electron chi connectivity index (χ0n) is 14.2. The van der Waals surface area contributed by atoms with Crippen molar-refractivity contribution in [3.63, 3.8) is 0 Å². The van der Waals surface area contributed by atoms with Crippen molar-refractivity contribution in [3.05, 3.63) is 70.1 Å². The van der Waals surface area contributed by atoms with Gasteiger partial charge in [0.2, 0.25) is 5.43 Å². The molecule has 0 unspecified atom stereocenters. The van der Waals surface area contributed by atoms with E-state index in [0.717, 1.165) is 0 Å². The summed E-state index contributed by atoms with van der Waals surface area (Å²) < 4.78 is 15.6. The van der Waals surface area contributed by atoms with Gasteiger partial charge in [0.15, 0.2) is 0 Å². The van der Waals surface area contributed by atoms with Crippen LogP contribution in [-0.2, 0) is 0 Å². The molecule has 3 rings (SSSR count). The van der Waals surface area contributed by atoms with Crippen LogP contribution in [0.15, 0.2) is 63.0 Å². The number of ether oxygens (including phenoxy) is 2. The lowest BCUT2D eigenvalue weighted by Gasteiger charge is -2.03. The van der Waals surface area contributed by atoms with E-state index >= 15 is 0 Å². The number of methoxy groups -OCH3 is 2. The monoisotopic (exact) mass is 352 g/mol. The standard InChI is InChI=1S/C19H16N2O5/c1-24-14-5-3-12(4-6-14)19(23)21-20-10-13-11-26-17-8-7-15(25-2)9-16(17)18(13)22/h3-11H,1-2H3,(H,21,23)/b20-10+. The van der Waals surface area contributed by atoms with Gasteiger partial charge in [0.1, 0.15) is 23.3 Å². The van der Waals surface area contributed by atoms with Gasteiger partial charge < -0.3 is 13.9 Å². The van der Waals surface area contributed by atoms with Crippen LogP contribution in [0.2, 0.25) is 0 Å². The summed E-state index contributed by atoms with van der Waals surface area (Å²) >= 11 is 0. The summed E-state index contributed by atoms with van der Waals surface area (Å²) in [6, 6.07) is 11.5. The molecule has 7 nitrogen and oxygen atoms in total. The summed E-state index contributed by atoms with van der Waals surface area (Å²) in [7, 11) is 3.06. The van der Waals surface area contributed by atoms with Crippen LogP contribution in [0.1, 0.15) is 15.9 Å². The van der Waals surface area contributed by atoms with E-state index in [0.29, 0.717) is 28.0 Å². The van der Waals surface area contributed by atoms with Gasteiger partial charge in [-0.2, -0.15) is 5.10 Å². The predicted molar refractivity (Wildman–Crippen MR) is 97.1 cm³/mol. The Morgan fingerprint density at radius 3 is 2.46 bits per heavy atom. The van der Waals surface area contributed by atoms with Gasteiger partial charge in [-0.05, 0) is 42.5 Å². The normalized spacial score (nSPS) is 10.8. The molecule has 0 saturated heterocycles. The van der Waals surface area contributed by atoms with E-state index < -0.39 is 5.91 Å². The van der Waals surface area contributed by atoms with Crippen molar-refractivity contribution in [2.45, 2.75) is 0 Å². The second-order valence-electron chi connectivity index (χ2n) is 5.31. The molecule has 0 aliphatic rings. The molecule has 0 saturated carbocycles. The third-order valence-electron chi connectivity index (χ3n) is 3.73. The molecule has 0 fully saturated rings. The van der Waals surface area contributed by atoms with E-state index in [-0.39, 0.29) is 11.0 Å². The first kappa shape index (κ1) is 17.2. The van der Waals surface area contributed by atoms with Gasteiger partial charge in [-0.25, -0.2) is 5.43 Å². The predicted octanol–water partition coefficient (Wildman–Crippen LogP) is 2.57. The highest BCUT2D eigenvalue weighted by Gasteiger charge is 2.08. The highest BCUT2D eigenvalue weighted by atomic mass is 16.5. The number of hydrogen-bond donors (Lipinski definition) is 1. The minimum atomic E-state index is -0.407. The third kappa shape index (κ3) is 3.56.